The highest BCUT2D eigenvalue weighted by molar-refractivity contribution is 6.32. The minimum Gasteiger partial charge on any atom is -0.490 e. The second-order valence-corrected chi connectivity index (χ2v) is 5.90. The highest BCUT2D eigenvalue weighted by atomic mass is 35.5. The number of morpholine rings is 1. The first kappa shape index (κ1) is 19.3. The predicted octanol–water partition coefficient (Wildman–Crippen LogP) is 2.45. The molecule has 1 aromatic carbocycles. The second-order valence-electron chi connectivity index (χ2n) is 5.49. The Kier molecular flexibility index (Phi) is 6.90. The van der Waals surface area contributed by atoms with Crippen molar-refractivity contribution in [2.75, 3.05) is 33.0 Å². The SMILES string of the molecule is CCCOc1c(Cl)cc(C(=O)N2CCOC[C@H]2C(=O)O)cc1OCC. The average Bonchev–Trinajstić information content (AvgIpc) is 2.60. The fourth-order valence-corrected chi connectivity index (χ4v) is 2.78. The molecule has 1 N–H and O–H groups in total. The Hall–Kier alpha value is -1.99. The van der Waals surface area contributed by atoms with Crippen LogP contribution < -0.4 is 9.47 Å². The van der Waals surface area contributed by atoms with Gasteiger partial charge >= 0.3 is 5.97 Å². The van der Waals surface area contributed by atoms with Crippen molar-refractivity contribution in [2.45, 2.75) is 26.3 Å². The normalized spacial score (nSPS) is 17.2. The van der Waals surface area contributed by atoms with E-state index in [4.69, 9.17) is 25.8 Å². The number of carbonyl (C=O) groups is 2. The molecule has 8 heteroatoms. The standard InChI is InChI=1S/C17H22ClNO6/c1-3-6-25-15-12(18)8-11(9-14(15)24-4-2)16(20)19-5-7-23-10-13(19)17(21)22/h8-9,13H,3-7,10H2,1-2H3,(H,21,22)/t13-/m0/s1. The average molecular weight is 372 g/mol. The van der Waals surface area contributed by atoms with Crippen LogP contribution in [0.4, 0.5) is 0 Å². The van der Waals surface area contributed by atoms with E-state index in [2.05, 4.69) is 0 Å². The van der Waals surface area contributed by atoms with Crippen molar-refractivity contribution in [3.8, 4) is 11.5 Å². The van der Waals surface area contributed by atoms with E-state index in [-0.39, 0.29) is 23.7 Å². The van der Waals surface area contributed by atoms with Crippen LogP contribution in [-0.4, -0.2) is 60.9 Å². The van der Waals surface area contributed by atoms with E-state index in [9.17, 15) is 14.7 Å². The first-order valence-electron chi connectivity index (χ1n) is 8.20. The molecule has 0 bridgehead atoms. The lowest BCUT2D eigenvalue weighted by Crippen LogP contribution is -2.52. The lowest BCUT2D eigenvalue weighted by Gasteiger charge is -2.33. The Labute approximate surface area is 151 Å². The van der Waals surface area contributed by atoms with Gasteiger partial charge in [-0.1, -0.05) is 18.5 Å². The molecule has 7 nitrogen and oxygen atoms in total. The molecular formula is C17H22ClNO6. The molecule has 1 amide bonds. The fourth-order valence-electron chi connectivity index (χ4n) is 2.52. The van der Waals surface area contributed by atoms with E-state index in [0.717, 1.165) is 6.42 Å². The maximum absolute atomic E-state index is 12.8. The summed E-state index contributed by atoms with van der Waals surface area (Å²) in [5, 5.41) is 9.55. The molecule has 0 radical (unpaired) electrons. The molecule has 1 saturated heterocycles. The monoisotopic (exact) mass is 371 g/mol. The topological polar surface area (TPSA) is 85.3 Å². The van der Waals surface area contributed by atoms with Gasteiger partial charge in [0.25, 0.3) is 5.91 Å². The Morgan fingerprint density at radius 3 is 2.76 bits per heavy atom. The molecule has 0 saturated carbocycles. The number of hydrogen-bond donors (Lipinski definition) is 1. The van der Waals surface area contributed by atoms with Crippen LogP contribution in [0.3, 0.4) is 0 Å². The van der Waals surface area contributed by atoms with Gasteiger partial charge in [-0.3, -0.25) is 4.79 Å². The molecular weight excluding hydrogens is 350 g/mol. The van der Waals surface area contributed by atoms with Crippen molar-refractivity contribution in [3.05, 3.63) is 22.7 Å². The van der Waals surface area contributed by atoms with Gasteiger partial charge in [-0.2, -0.15) is 0 Å². The van der Waals surface area contributed by atoms with Crippen LogP contribution in [0, 0.1) is 0 Å². The van der Waals surface area contributed by atoms with Gasteiger partial charge in [-0.15, -0.1) is 0 Å². The van der Waals surface area contributed by atoms with Crippen molar-refractivity contribution in [3.63, 3.8) is 0 Å². The van der Waals surface area contributed by atoms with Crippen LogP contribution in [0.1, 0.15) is 30.6 Å². The minimum atomic E-state index is -1.10. The summed E-state index contributed by atoms with van der Waals surface area (Å²) >= 11 is 6.27. The Balaban J connectivity index is 2.34. The number of halogens is 1. The lowest BCUT2D eigenvalue weighted by molar-refractivity contribution is -0.147. The van der Waals surface area contributed by atoms with Crippen molar-refractivity contribution in [1.82, 2.24) is 4.90 Å². The fraction of sp³-hybridized carbons (Fsp3) is 0.529. The van der Waals surface area contributed by atoms with Gasteiger partial charge in [-0.25, -0.2) is 4.79 Å². The van der Waals surface area contributed by atoms with Crippen LogP contribution in [0.15, 0.2) is 12.1 Å². The molecule has 0 spiro atoms. The molecule has 1 aliphatic heterocycles. The van der Waals surface area contributed by atoms with Crippen LogP contribution in [0.25, 0.3) is 0 Å². The third kappa shape index (κ3) is 4.55. The number of carboxylic acid groups (broad SMARTS) is 1. The summed E-state index contributed by atoms with van der Waals surface area (Å²) in [6, 6.07) is 2.00. The molecule has 0 unspecified atom stereocenters. The first-order valence-corrected chi connectivity index (χ1v) is 8.58. The smallest absolute Gasteiger partial charge is 0.328 e. The number of benzene rings is 1. The largest absolute Gasteiger partial charge is 0.490 e. The van der Waals surface area contributed by atoms with E-state index in [1.165, 1.54) is 17.0 Å². The van der Waals surface area contributed by atoms with Crippen LogP contribution in [0.5, 0.6) is 11.5 Å². The quantitative estimate of drug-likeness (QED) is 0.792. The maximum atomic E-state index is 12.8. The van der Waals surface area contributed by atoms with E-state index >= 15 is 0 Å². The molecule has 1 heterocycles. The second kappa shape index (κ2) is 8.92. The summed E-state index contributed by atoms with van der Waals surface area (Å²) in [7, 11) is 0. The zero-order valence-corrected chi connectivity index (χ0v) is 15.0. The Bertz CT molecular complexity index is 636. The third-order valence-electron chi connectivity index (χ3n) is 3.68. The highest BCUT2D eigenvalue weighted by Gasteiger charge is 2.34. The number of amides is 1. The van der Waals surface area contributed by atoms with Gasteiger partial charge < -0.3 is 24.2 Å². The summed E-state index contributed by atoms with van der Waals surface area (Å²) in [5.41, 5.74) is 0.255. The third-order valence-corrected chi connectivity index (χ3v) is 3.96. The van der Waals surface area contributed by atoms with E-state index in [1.807, 2.05) is 13.8 Å². The number of nitrogens with zero attached hydrogens (tertiary/aromatic N) is 1. The molecule has 1 aromatic rings. The molecule has 1 atom stereocenters. The van der Waals surface area contributed by atoms with Crippen LogP contribution in [0.2, 0.25) is 5.02 Å². The number of carbonyl (C=O) groups excluding carboxylic acids is 1. The summed E-state index contributed by atoms with van der Waals surface area (Å²) in [6.07, 6.45) is 0.802. The zero-order valence-electron chi connectivity index (χ0n) is 14.3. The maximum Gasteiger partial charge on any atom is 0.328 e. The van der Waals surface area contributed by atoms with Crippen LogP contribution >= 0.6 is 11.6 Å². The number of carboxylic acids is 1. The van der Waals surface area contributed by atoms with Gasteiger partial charge in [0.05, 0.1) is 31.5 Å². The number of aliphatic carboxylic acids is 1. The van der Waals surface area contributed by atoms with Gasteiger partial charge in [0.1, 0.15) is 0 Å². The van der Waals surface area contributed by atoms with Gasteiger partial charge in [-0.05, 0) is 25.5 Å². The van der Waals surface area contributed by atoms with Crippen molar-refractivity contribution in [1.29, 1.82) is 0 Å². The molecule has 25 heavy (non-hydrogen) atoms. The Morgan fingerprint density at radius 2 is 2.12 bits per heavy atom. The predicted molar refractivity (Wildman–Crippen MR) is 91.7 cm³/mol. The van der Waals surface area contributed by atoms with E-state index in [1.54, 1.807) is 0 Å². The van der Waals surface area contributed by atoms with Gasteiger partial charge in [0, 0.05) is 12.1 Å². The number of rotatable bonds is 7. The summed E-state index contributed by atoms with van der Waals surface area (Å²) in [5.74, 6) is -0.779. The zero-order chi connectivity index (χ0) is 18.4. The van der Waals surface area contributed by atoms with Crippen molar-refractivity contribution in [2.24, 2.45) is 0 Å². The Morgan fingerprint density at radius 1 is 1.36 bits per heavy atom. The van der Waals surface area contributed by atoms with E-state index in [0.29, 0.717) is 31.3 Å². The molecule has 1 aliphatic rings. The minimum absolute atomic E-state index is 0.0369. The van der Waals surface area contributed by atoms with Crippen LogP contribution in [-0.2, 0) is 9.53 Å². The summed E-state index contributed by atoms with van der Waals surface area (Å²) in [4.78, 5) is 25.4. The number of ether oxygens (including phenoxy) is 3. The van der Waals surface area contributed by atoms with Gasteiger partial charge in [0.2, 0.25) is 0 Å². The first-order chi connectivity index (χ1) is 12.0. The molecule has 2 rings (SSSR count). The number of hydrogen-bond acceptors (Lipinski definition) is 5. The molecule has 138 valence electrons. The summed E-state index contributed by atoms with van der Waals surface area (Å²) < 4.78 is 16.3. The highest BCUT2D eigenvalue weighted by Crippen LogP contribution is 2.37. The molecule has 0 aliphatic carbocycles. The lowest BCUT2D eigenvalue weighted by atomic mass is 10.1. The van der Waals surface area contributed by atoms with E-state index < -0.39 is 17.9 Å². The van der Waals surface area contributed by atoms with Gasteiger partial charge in [0.15, 0.2) is 17.5 Å². The van der Waals surface area contributed by atoms with Crippen molar-refractivity contribution >= 4 is 23.5 Å². The molecule has 0 aromatic heterocycles. The molecule has 1 fully saturated rings. The summed E-state index contributed by atoms with van der Waals surface area (Å²) in [6.45, 7) is 5.09. The van der Waals surface area contributed by atoms with Crippen molar-refractivity contribution < 1.29 is 28.9 Å².